The Labute approximate surface area is 162 Å². The van der Waals surface area contributed by atoms with E-state index in [0.29, 0.717) is 40.9 Å². The monoisotopic (exact) mass is 394 g/mol. The molecule has 7 heteroatoms. The average molecular weight is 395 g/mol. The Morgan fingerprint density at radius 1 is 1.12 bits per heavy atom. The number of methoxy groups -OCH3 is 1. The molecule has 0 radical (unpaired) electrons. The summed E-state index contributed by atoms with van der Waals surface area (Å²) in [7, 11) is 1.56. The number of benzene rings is 2. The van der Waals surface area contributed by atoms with E-state index in [-0.39, 0.29) is 18.2 Å². The number of carbonyl (C=O) groups excluding carboxylic acids is 2. The maximum Gasteiger partial charge on any atom is 0.253 e. The number of hydrogen-bond acceptors (Lipinski definition) is 3. The highest BCUT2D eigenvalue weighted by Gasteiger charge is 2.13. The van der Waals surface area contributed by atoms with E-state index in [1.807, 2.05) is 0 Å². The fourth-order valence-electron chi connectivity index (χ4n) is 2.34. The molecule has 0 aromatic heterocycles. The van der Waals surface area contributed by atoms with Crippen molar-refractivity contribution in [2.45, 2.75) is 12.8 Å². The van der Waals surface area contributed by atoms with E-state index in [1.54, 1.807) is 49.6 Å². The van der Waals surface area contributed by atoms with Gasteiger partial charge in [-0.2, -0.15) is 0 Å². The van der Waals surface area contributed by atoms with Gasteiger partial charge < -0.3 is 15.4 Å². The Hall–Kier alpha value is -2.08. The van der Waals surface area contributed by atoms with Crippen molar-refractivity contribution in [3.8, 4) is 0 Å². The van der Waals surface area contributed by atoms with E-state index < -0.39 is 0 Å². The van der Waals surface area contributed by atoms with Gasteiger partial charge in [-0.3, -0.25) is 9.59 Å². The molecular formula is C19H20Cl2N2O3. The van der Waals surface area contributed by atoms with Crippen molar-refractivity contribution in [2.75, 3.05) is 25.6 Å². The maximum atomic E-state index is 12.3. The van der Waals surface area contributed by atoms with Crippen LogP contribution in [0.25, 0.3) is 0 Å². The van der Waals surface area contributed by atoms with Gasteiger partial charge in [0.2, 0.25) is 5.91 Å². The molecule has 0 aliphatic heterocycles. The van der Waals surface area contributed by atoms with Gasteiger partial charge in [-0.05, 0) is 36.2 Å². The number of ether oxygens (including phenoxy) is 1. The molecule has 0 atom stereocenters. The molecule has 2 aromatic rings. The van der Waals surface area contributed by atoms with Gasteiger partial charge in [0, 0.05) is 30.1 Å². The van der Waals surface area contributed by atoms with Gasteiger partial charge in [-0.25, -0.2) is 0 Å². The maximum absolute atomic E-state index is 12.3. The normalized spacial score (nSPS) is 10.4. The van der Waals surface area contributed by atoms with Crippen molar-refractivity contribution in [1.82, 2.24) is 5.32 Å². The third kappa shape index (κ3) is 6.02. The second kappa shape index (κ2) is 10.2. The van der Waals surface area contributed by atoms with E-state index in [9.17, 15) is 9.59 Å². The molecule has 5 nitrogen and oxygen atoms in total. The number of halogens is 2. The Kier molecular flexibility index (Phi) is 7.91. The summed E-state index contributed by atoms with van der Waals surface area (Å²) in [6.45, 7) is 0.814. The minimum Gasteiger partial charge on any atom is -0.383 e. The van der Waals surface area contributed by atoms with Crippen LogP contribution in [0.2, 0.25) is 10.0 Å². The van der Waals surface area contributed by atoms with Crippen LogP contribution >= 0.6 is 23.2 Å². The van der Waals surface area contributed by atoms with Gasteiger partial charge in [0.05, 0.1) is 17.9 Å². The first-order chi connectivity index (χ1) is 12.5. The fraction of sp³-hybridized carbons (Fsp3) is 0.263. The molecule has 0 saturated heterocycles. The van der Waals surface area contributed by atoms with Crippen molar-refractivity contribution in [3.63, 3.8) is 0 Å². The number of carbonyl (C=O) groups is 2. The van der Waals surface area contributed by atoms with Gasteiger partial charge in [-0.1, -0.05) is 41.4 Å². The van der Waals surface area contributed by atoms with Crippen molar-refractivity contribution < 1.29 is 14.3 Å². The molecule has 138 valence electrons. The van der Waals surface area contributed by atoms with Crippen LogP contribution in [0.3, 0.4) is 0 Å². The molecule has 0 bridgehead atoms. The summed E-state index contributed by atoms with van der Waals surface area (Å²) in [4.78, 5) is 24.5. The van der Waals surface area contributed by atoms with E-state index in [1.165, 1.54) is 0 Å². The summed E-state index contributed by atoms with van der Waals surface area (Å²) in [5.74, 6) is -0.466. The molecule has 2 N–H and O–H groups in total. The minimum atomic E-state index is -0.265. The van der Waals surface area contributed by atoms with Crippen LogP contribution in [0.4, 0.5) is 5.69 Å². The molecule has 0 spiro atoms. The molecule has 26 heavy (non-hydrogen) atoms. The summed E-state index contributed by atoms with van der Waals surface area (Å²) in [5.41, 5.74) is 1.72. The molecule has 2 aromatic carbocycles. The molecule has 0 heterocycles. The van der Waals surface area contributed by atoms with Crippen LogP contribution in [-0.2, 0) is 16.0 Å². The van der Waals surface area contributed by atoms with Crippen LogP contribution in [-0.4, -0.2) is 32.1 Å². The number of para-hydroxylation sites is 1. The van der Waals surface area contributed by atoms with Gasteiger partial charge >= 0.3 is 0 Å². The fourth-order valence-corrected chi connectivity index (χ4v) is 2.84. The SMILES string of the molecule is COCCNC(=O)c1ccccc1NC(=O)CCc1ccc(Cl)cc1Cl. The Morgan fingerprint density at radius 3 is 2.62 bits per heavy atom. The van der Waals surface area contributed by atoms with Crippen molar-refractivity contribution in [1.29, 1.82) is 0 Å². The standard InChI is InChI=1S/C19H20Cl2N2O3/c1-26-11-10-22-19(25)15-4-2-3-5-17(15)23-18(24)9-7-13-6-8-14(20)12-16(13)21/h2-6,8,12H,7,9-11H2,1H3,(H,22,25)(H,23,24). The number of rotatable bonds is 8. The lowest BCUT2D eigenvalue weighted by Gasteiger charge is -2.11. The first-order valence-electron chi connectivity index (χ1n) is 8.11. The summed E-state index contributed by atoms with van der Waals surface area (Å²) >= 11 is 12.0. The van der Waals surface area contributed by atoms with Crippen molar-refractivity contribution in [2.24, 2.45) is 0 Å². The molecular weight excluding hydrogens is 375 g/mol. The smallest absolute Gasteiger partial charge is 0.253 e. The largest absolute Gasteiger partial charge is 0.383 e. The average Bonchev–Trinajstić information content (AvgIpc) is 2.61. The zero-order valence-corrected chi connectivity index (χ0v) is 15.9. The second-order valence-electron chi connectivity index (χ2n) is 5.58. The lowest BCUT2D eigenvalue weighted by Crippen LogP contribution is -2.28. The molecule has 0 saturated carbocycles. The Bertz CT molecular complexity index is 781. The van der Waals surface area contributed by atoms with Gasteiger partial charge in [0.25, 0.3) is 5.91 Å². The first kappa shape index (κ1) is 20.2. The predicted octanol–water partition coefficient (Wildman–Crippen LogP) is 3.94. The van der Waals surface area contributed by atoms with E-state index in [0.717, 1.165) is 5.56 Å². The van der Waals surface area contributed by atoms with Crippen LogP contribution in [0.1, 0.15) is 22.3 Å². The molecule has 0 unspecified atom stereocenters. The van der Waals surface area contributed by atoms with Crippen LogP contribution in [0.15, 0.2) is 42.5 Å². The molecule has 2 amide bonds. The first-order valence-corrected chi connectivity index (χ1v) is 8.87. The summed E-state index contributed by atoms with van der Waals surface area (Å²) < 4.78 is 4.91. The molecule has 2 rings (SSSR count). The van der Waals surface area contributed by atoms with Crippen LogP contribution in [0, 0.1) is 0 Å². The number of amides is 2. The van der Waals surface area contributed by atoms with E-state index in [4.69, 9.17) is 27.9 Å². The summed E-state index contributed by atoms with van der Waals surface area (Å²) in [6, 6.07) is 12.0. The quantitative estimate of drug-likeness (QED) is 0.666. The minimum absolute atomic E-state index is 0.201. The lowest BCUT2D eigenvalue weighted by atomic mass is 10.1. The van der Waals surface area contributed by atoms with Gasteiger partial charge in [0.15, 0.2) is 0 Å². The van der Waals surface area contributed by atoms with Crippen LogP contribution < -0.4 is 10.6 Å². The number of anilines is 1. The molecule has 0 aliphatic rings. The highest BCUT2D eigenvalue weighted by atomic mass is 35.5. The number of nitrogens with one attached hydrogen (secondary N) is 2. The molecule has 0 fully saturated rings. The summed E-state index contributed by atoms with van der Waals surface area (Å²) in [6.07, 6.45) is 0.713. The molecule has 0 aliphatic carbocycles. The van der Waals surface area contributed by atoms with Crippen LogP contribution in [0.5, 0.6) is 0 Å². The highest BCUT2D eigenvalue weighted by Crippen LogP contribution is 2.22. The Morgan fingerprint density at radius 2 is 1.88 bits per heavy atom. The van der Waals surface area contributed by atoms with Gasteiger partial charge in [-0.15, -0.1) is 0 Å². The number of hydrogen-bond donors (Lipinski definition) is 2. The van der Waals surface area contributed by atoms with Crippen molar-refractivity contribution in [3.05, 3.63) is 63.6 Å². The van der Waals surface area contributed by atoms with E-state index in [2.05, 4.69) is 10.6 Å². The topological polar surface area (TPSA) is 67.4 Å². The second-order valence-corrected chi connectivity index (χ2v) is 6.42. The third-order valence-corrected chi connectivity index (χ3v) is 4.26. The summed E-state index contributed by atoms with van der Waals surface area (Å²) in [5, 5.41) is 6.60. The Balaban J connectivity index is 1.97. The third-order valence-electron chi connectivity index (χ3n) is 3.67. The lowest BCUT2D eigenvalue weighted by molar-refractivity contribution is -0.116. The van der Waals surface area contributed by atoms with Gasteiger partial charge in [0.1, 0.15) is 0 Å². The van der Waals surface area contributed by atoms with E-state index >= 15 is 0 Å². The highest BCUT2D eigenvalue weighted by molar-refractivity contribution is 6.35. The number of aryl methyl sites for hydroxylation is 1. The zero-order valence-electron chi connectivity index (χ0n) is 14.4. The predicted molar refractivity (Wildman–Crippen MR) is 104 cm³/mol. The zero-order chi connectivity index (χ0) is 18.9. The van der Waals surface area contributed by atoms with Crippen molar-refractivity contribution >= 4 is 40.7 Å².